The Morgan fingerprint density at radius 1 is 1.50 bits per heavy atom. The Kier molecular flexibility index (Phi) is 5.12. The van der Waals surface area contributed by atoms with Gasteiger partial charge >= 0.3 is 0 Å². The minimum atomic E-state index is 0.319. The largest absolute Gasteiger partial charge is 0.375 e. The van der Waals surface area contributed by atoms with Gasteiger partial charge in [-0.2, -0.15) is 0 Å². The molecule has 3 heteroatoms. The van der Waals surface area contributed by atoms with Gasteiger partial charge in [-0.25, -0.2) is 0 Å². The molecule has 0 aliphatic rings. The van der Waals surface area contributed by atoms with Crippen LogP contribution in [-0.2, 0) is 11.2 Å². The van der Waals surface area contributed by atoms with Gasteiger partial charge in [-0.3, -0.25) is 4.98 Å². The molecule has 80 valence electrons. The van der Waals surface area contributed by atoms with Crippen LogP contribution >= 0.6 is 11.3 Å². The minimum absolute atomic E-state index is 0.319. The third kappa shape index (κ3) is 4.20. The Hall–Kier alpha value is -0.410. The highest BCUT2D eigenvalue weighted by atomic mass is 32.1. The summed E-state index contributed by atoms with van der Waals surface area (Å²) >= 11 is 1.71. The molecule has 0 amide bonds. The van der Waals surface area contributed by atoms with Gasteiger partial charge in [-0.15, -0.1) is 11.3 Å². The van der Waals surface area contributed by atoms with Gasteiger partial charge < -0.3 is 4.74 Å². The predicted octanol–water partition coefficient (Wildman–Crippen LogP) is 3.28. The molecule has 14 heavy (non-hydrogen) atoms. The van der Waals surface area contributed by atoms with E-state index in [4.69, 9.17) is 4.74 Å². The lowest BCUT2D eigenvalue weighted by atomic mass is 10.1. The molecule has 0 aliphatic carbocycles. The van der Waals surface area contributed by atoms with Crippen molar-refractivity contribution in [2.75, 3.05) is 0 Å². The van der Waals surface area contributed by atoms with E-state index in [2.05, 4.69) is 25.8 Å². The highest BCUT2D eigenvalue weighted by molar-refractivity contribution is 7.09. The summed E-state index contributed by atoms with van der Waals surface area (Å²) in [4.78, 5) is 5.40. The first-order chi connectivity index (χ1) is 6.72. The molecule has 2 nitrogen and oxygen atoms in total. The van der Waals surface area contributed by atoms with Gasteiger partial charge in [0.05, 0.1) is 17.7 Å². The van der Waals surface area contributed by atoms with Gasteiger partial charge in [-0.1, -0.05) is 13.3 Å². The van der Waals surface area contributed by atoms with Crippen molar-refractivity contribution in [3.05, 3.63) is 16.6 Å². The van der Waals surface area contributed by atoms with Crippen LogP contribution in [0.2, 0.25) is 0 Å². The Morgan fingerprint density at radius 3 is 2.79 bits per heavy atom. The molecule has 1 aromatic heterocycles. The van der Waals surface area contributed by atoms with Crippen LogP contribution in [-0.4, -0.2) is 17.2 Å². The lowest BCUT2D eigenvalue weighted by Gasteiger charge is -2.18. The standard InChI is InChI=1S/C11H19NOS/c1-4-5-10(13-9(2)3)6-11-7-12-8-14-11/h7-10H,4-6H2,1-3H3/t10-/m0/s1. The fraction of sp³-hybridized carbons (Fsp3) is 0.727. The average Bonchev–Trinajstić information content (AvgIpc) is 2.56. The van der Waals surface area contributed by atoms with E-state index in [1.165, 1.54) is 11.3 Å². The van der Waals surface area contributed by atoms with Crippen LogP contribution in [0.3, 0.4) is 0 Å². The van der Waals surface area contributed by atoms with Crippen LogP contribution in [0.25, 0.3) is 0 Å². The number of rotatable bonds is 6. The number of aromatic nitrogens is 1. The number of nitrogens with zero attached hydrogens (tertiary/aromatic N) is 1. The molecule has 1 atom stereocenters. The molecular formula is C11H19NOS. The van der Waals surface area contributed by atoms with Gasteiger partial charge in [0.2, 0.25) is 0 Å². The lowest BCUT2D eigenvalue weighted by Crippen LogP contribution is -2.19. The zero-order chi connectivity index (χ0) is 10.4. The molecule has 0 unspecified atom stereocenters. The topological polar surface area (TPSA) is 22.1 Å². The van der Waals surface area contributed by atoms with Crippen molar-refractivity contribution in [2.45, 2.75) is 52.2 Å². The summed E-state index contributed by atoms with van der Waals surface area (Å²) in [6.45, 7) is 6.38. The number of hydrogen-bond donors (Lipinski definition) is 0. The normalized spacial score (nSPS) is 13.4. The first kappa shape index (κ1) is 11.7. The van der Waals surface area contributed by atoms with Crippen LogP contribution in [0.1, 0.15) is 38.5 Å². The van der Waals surface area contributed by atoms with Gasteiger partial charge in [-0.05, 0) is 20.3 Å². The van der Waals surface area contributed by atoms with Crippen molar-refractivity contribution < 1.29 is 4.74 Å². The molecule has 1 rings (SSSR count). The highest BCUT2D eigenvalue weighted by Gasteiger charge is 2.11. The van der Waals surface area contributed by atoms with E-state index >= 15 is 0 Å². The highest BCUT2D eigenvalue weighted by Crippen LogP contribution is 2.15. The molecular weight excluding hydrogens is 194 g/mol. The van der Waals surface area contributed by atoms with Crippen molar-refractivity contribution in [1.82, 2.24) is 4.98 Å². The molecule has 0 radical (unpaired) electrons. The molecule has 0 aliphatic heterocycles. The van der Waals surface area contributed by atoms with E-state index in [0.717, 1.165) is 12.8 Å². The van der Waals surface area contributed by atoms with E-state index in [-0.39, 0.29) is 0 Å². The van der Waals surface area contributed by atoms with E-state index in [1.807, 2.05) is 11.7 Å². The summed E-state index contributed by atoms with van der Waals surface area (Å²) in [7, 11) is 0. The van der Waals surface area contributed by atoms with Crippen LogP contribution in [0.5, 0.6) is 0 Å². The minimum Gasteiger partial charge on any atom is -0.375 e. The molecule has 0 aromatic carbocycles. The summed E-state index contributed by atoms with van der Waals surface area (Å²) < 4.78 is 5.84. The molecule has 1 aromatic rings. The summed E-state index contributed by atoms with van der Waals surface area (Å²) in [5.74, 6) is 0. The monoisotopic (exact) mass is 213 g/mol. The van der Waals surface area contributed by atoms with Crippen molar-refractivity contribution >= 4 is 11.3 Å². The summed E-state index contributed by atoms with van der Waals surface area (Å²) in [5.41, 5.74) is 1.88. The van der Waals surface area contributed by atoms with Gasteiger partial charge in [0.25, 0.3) is 0 Å². The van der Waals surface area contributed by atoms with E-state index in [1.54, 1.807) is 11.3 Å². The van der Waals surface area contributed by atoms with Gasteiger partial charge in [0.15, 0.2) is 0 Å². The van der Waals surface area contributed by atoms with Crippen LogP contribution in [0, 0.1) is 0 Å². The van der Waals surface area contributed by atoms with Gasteiger partial charge in [0, 0.05) is 17.5 Å². The van der Waals surface area contributed by atoms with Crippen molar-refractivity contribution in [3.8, 4) is 0 Å². The smallest absolute Gasteiger partial charge is 0.0794 e. The van der Waals surface area contributed by atoms with Crippen LogP contribution < -0.4 is 0 Å². The van der Waals surface area contributed by atoms with Crippen molar-refractivity contribution in [2.24, 2.45) is 0 Å². The second-order valence-corrected chi connectivity index (χ2v) is 4.74. The fourth-order valence-electron chi connectivity index (χ4n) is 1.49. The zero-order valence-electron chi connectivity index (χ0n) is 9.19. The fourth-order valence-corrected chi connectivity index (χ4v) is 2.15. The van der Waals surface area contributed by atoms with Crippen molar-refractivity contribution in [3.63, 3.8) is 0 Å². The van der Waals surface area contributed by atoms with Crippen molar-refractivity contribution in [1.29, 1.82) is 0 Å². The molecule has 0 saturated carbocycles. The first-order valence-electron chi connectivity index (χ1n) is 5.25. The SMILES string of the molecule is CCC[C@@H](Cc1cncs1)OC(C)C. The maximum absolute atomic E-state index is 5.84. The first-order valence-corrected chi connectivity index (χ1v) is 6.13. The third-order valence-corrected chi connectivity index (χ3v) is 2.79. The number of ether oxygens (including phenoxy) is 1. The molecule has 0 spiro atoms. The second-order valence-electron chi connectivity index (χ2n) is 3.77. The Labute approximate surface area is 90.3 Å². The van der Waals surface area contributed by atoms with Crippen LogP contribution in [0.4, 0.5) is 0 Å². The summed E-state index contributed by atoms with van der Waals surface area (Å²) in [6, 6.07) is 0. The number of hydrogen-bond acceptors (Lipinski definition) is 3. The van der Waals surface area contributed by atoms with E-state index in [9.17, 15) is 0 Å². The number of thiazole rings is 1. The summed E-state index contributed by atoms with van der Waals surface area (Å²) in [5, 5.41) is 0. The van der Waals surface area contributed by atoms with Gasteiger partial charge in [0.1, 0.15) is 0 Å². The predicted molar refractivity (Wildman–Crippen MR) is 60.7 cm³/mol. The van der Waals surface area contributed by atoms with E-state index < -0.39 is 0 Å². The second kappa shape index (κ2) is 6.14. The quantitative estimate of drug-likeness (QED) is 0.723. The molecule has 1 heterocycles. The molecule has 0 saturated heterocycles. The Bertz CT molecular complexity index is 233. The third-order valence-electron chi connectivity index (χ3n) is 1.99. The maximum atomic E-state index is 5.84. The van der Waals surface area contributed by atoms with Crippen LogP contribution in [0.15, 0.2) is 11.7 Å². The maximum Gasteiger partial charge on any atom is 0.0794 e. The summed E-state index contributed by atoms with van der Waals surface area (Å²) in [6.07, 6.45) is 5.94. The Morgan fingerprint density at radius 2 is 2.29 bits per heavy atom. The van der Waals surface area contributed by atoms with E-state index in [0.29, 0.717) is 12.2 Å². The zero-order valence-corrected chi connectivity index (χ0v) is 10.0. The molecule has 0 bridgehead atoms. The Balaban J connectivity index is 2.42. The molecule has 0 fully saturated rings. The average molecular weight is 213 g/mol. The molecule has 0 N–H and O–H groups in total. The lowest BCUT2D eigenvalue weighted by molar-refractivity contribution is 0.00378.